The number of amides is 1. The van der Waals surface area contributed by atoms with Crippen molar-refractivity contribution in [2.45, 2.75) is 17.1 Å². The van der Waals surface area contributed by atoms with E-state index in [9.17, 15) is 9.00 Å². The van der Waals surface area contributed by atoms with E-state index in [0.29, 0.717) is 29.5 Å². The number of hydrogen-bond donors (Lipinski definition) is 1. The third-order valence-corrected chi connectivity index (χ3v) is 7.28. The summed E-state index contributed by atoms with van der Waals surface area (Å²) in [7, 11) is -1.37. The van der Waals surface area contributed by atoms with Crippen LogP contribution in [0.15, 0.2) is 59.6 Å². The number of nitrogens with one attached hydrogen (secondary N) is 1. The molecule has 1 amide bonds. The largest absolute Gasteiger partial charge is 0.497 e. The lowest BCUT2D eigenvalue weighted by molar-refractivity contribution is -0.131. The van der Waals surface area contributed by atoms with E-state index in [2.05, 4.69) is 4.98 Å². The topological polar surface area (TPSA) is 92.6 Å². The van der Waals surface area contributed by atoms with Crippen LogP contribution in [0.4, 0.5) is 0 Å². The minimum atomic E-state index is -2.97. The summed E-state index contributed by atoms with van der Waals surface area (Å²) in [6.07, 6.45) is 1.67. The lowest BCUT2D eigenvalue weighted by Crippen LogP contribution is -2.55. The van der Waals surface area contributed by atoms with Crippen LogP contribution in [-0.2, 0) is 14.5 Å². The molecule has 0 saturated carbocycles. The number of carbonyl (C=O) groups excluding carboxylic acids is 1. The van der Waals surface area contributed by atoms with Crippen molar-refractivity contribution in [1.29, 1.82) is 4.78 Å². The molecule has 1 aliphatic rings. The quantitative estimate of drug-likeness (QED) is 0.691. The Morgan fingerprint density at radius 1 is 1.14 bits per heavy atom. The molecule has 1 saturated heterocycles. The number of fused-ring (bicyclic) bond motifs is 1. The Morgan fingerprint density at radius 2 is 1.83 bits per heavy atom. The first-order chi connectivity index (χ1) is 13.9. The normalized spacial score (nSPS) is 16.1. The van der Waals surface area contributed by atoms with E-state index < -0.39 is 9.73 Å². The lowest BCUT2D eigenvalue weighted by atomic mass is 10.2. The maximum atomic E-state index is 12.9. The van der Waals surface area contributed by atoms with E-state index in [0.717, 1.165) is 16.7 Å². The van der Waals surface area contributed by atoms with Gasteiger partial charge in [0.2, 0.25) is 5.91 Å². The zero-order valence-electron chi connectivity index (χ0n) is 16.1. The molecule has 0 aliphatic carbocycles. The maximum absolute atomic E-state index is 12.9. The molecule has 0 spiro atoms. The Labute approximate surface area is 169 Å². The fourth-order valence-electron chi connectivity index (χ4n) is 3.25. The van der Waals surface area contributed by atoms with Crippen molar-refractivity contribution in [3.05, 3.63) is 54.7 Å². The van der Waals surface area contributed by atoms with Crippen LogP contribution in [0.1, 0.15) is 6.92 Å². The van der Waals surface area contributed by atoms with Crippen molar-refractivity contribution in [1.82, 2.24) is 9.88 Å². The molecule has 3 aromatic rings. The first-order valence-corrected chi connectivity index (χ1v) is 10.7. The molecule has 7 nitrogen and oxygen atoms in total. The number of pyridine rings is 1. The van der Waals surface area contributed by atoms with Crippen LogP contribution in [0.25, 0.3) is 10.9 Å². The number of rotatable bonds is 5. The van der Waals surface area contributed by atoms with Gasteiger partial charge in [-0.2, -0.15) is 0 Å². The summed E-state index contributed by atoms with van der Waals surface area (Å²) in [5.74, 6) is 1.89. The Kier molecular flexibility index (Phi) is 4.87. The van der Waals surface area contributed by atoms with Gasteiger partial charge in [-0.3, -0.25) is 9.78 Å². The predicted octanol–water partition coefficient (Wildman–Crippen LogP) is 3.67. The molecule has 1 atom stereocenters. The lowest BCUT2D eigenvalue weighted by Gasteiger charge is -2.39. The Bertz CT molecular complexity index is 1170. The van der Waals surface area contributed by atoms with Gasteiger partial charge < -0.3 is 14.4 Å². The van der Waals surface area contributed by atoms with E-state index >= 15 is 0 Å². The summed E-state index contributed by atoms with van der Waals surface area (Å²) in [5, 5.41) is 0.512. The zero-order valence-corrected chi connectivity index (χ0v) is 16.9. The number of aromatic nitrogens is 1. The molecular formula is C21H21N3O4S. The van der Waals surface area contributed by atoms with E-state index in [1.54, 1.807) is 48.5 Å². The van der Waals surface area contributed by atoms with Gasteiger partial charge in [-0.15, -0.1) is 0 Å². The molecule has 1 aromatic heterocycles. The molecular weight excluding hydrogens is 390 g/mol. The van der Waals surface area contributed by atoms with Crippen molar-refractivity contribution in [3.8, 4) is 17.2 Å². The van der Waals surface area contributed by atoms with Crippen molar-refractivity contribution >= 4 is 26.5 Å². The minimum Gasteiger partial charge on any atom is -0.497 e. The SMILES string of the molecule is COc1ccc2c(Oc3ccc(S(=N)(=O)C4CN(C(C)=O)C4)cc3)ccnc2c1. The van der Waals surface area contributed by atoms with Crippen LogP contribution in [0.5, 0.6) is 17.2 Å². The third kappa shape index (κ3) is 3.63. The highest BCUT2D eigenvalue weighted by atomic mass is 32.2. The molecule has 8 heteroatoms. The molecule has 1 unspecified atom stereocenters. The monoisotopic (exact) mass is 411 g/mol. The zero-order chi connectivity index (χ0) is 20.6. The van der Waals surface area contributed by atoms with Crippen molar-refractivity contribution in [3.63, 3.8) is 0 Å². The third-order valence-electron chi connectivity index (χ3n) is 5.07. The van der Waals surface area contributed by atoms with Gasteiger partial charge in [0.1, 0.15) is 17.2 Å². The van der Waals surface area contributed by atoms with Crippen LogP contribution in [0, 0.1) is 4.78 Å². The van der Waals surface area contributed by atoms with Crippen LogP contribution < -0.4 is 9.47 Å². The van der Waals surface area contributed by atoms with E-state index in [1.165, 1.54) is 6.92 Å². The Hall–Kier alpha value is -3.13. The second kappa shape index (κ2) is 7.36. The second-order valence-electron chi connectivity index (χ2n) is 6.91. The van der Waals surface area contributed by atoms with Crippen LogP contribution in [0.2, 0.25) is 0 Å². The summed E-state index contributed by atoms with van der Waals surface area (Å²) in [5.41, 5.74) is 0.757. The number of ether oxygens (including phenoxy) is 2. The first kappa shape index (κ1) is 19.2. The maximum Gasteiger partial charge on any atom is 0.219 e. The molecule has 4 rings (SSSR count). The molecule has 1 fully saturated rings. The Morgan fingerprint density at radius 3 is 2.48 bits per heavy atom. The molecule has 1 aliphatic heterocycles. The predicted molar refractivity (Wildman–Crippen MR) is 110 cm³/mol. The summed E-state index contributed by atoms with van der Waals surface area (Å²) in [4.78, 5) is 17.7. The van der Waals surface area contributed by atoms with Gasteiger partial charge in [-0.25, -0.2) is 8.99 Å². The van der Waals surface area contributed by atoms with E-state index in [4.69, 9.17) is 14.3 Å². The fourth-order valence-corrected chi connectivity index (χ4v) is 4.96. The number of benzene rings is 2. The van der Waals surface area contributed by atoms with Gasteiger partial charge in [-0.05, 0) is 42.5 Å². The van der Waals surface area contributed by atoms with Crippen molar-refractivity contribution in [2.75, 3.05) is 20.2 Å². The van der Waals surface area contributed by atoms with Crippen LogP contribution >= 0.6 is 0 Å². The van der Waals surface area contributed by atoms with E-state index in [1.807, 2.05) is 18.2 Å². The molecule has 0 bridgehead atoms. The number of nitrogens with zero attached hydrogens (tertiary/aromatic N) is 2. The van der Waals surface area contributed by atoms with Gasteiger partial charge in [0.25, 0.3) is 0 Å². The number of methoxy groups -OCH3 is 1. The average molecular weight is 411 g/mol. The molecule has 29 heavy (non-hydrogen) atoms. The number of likely N-dealkylation sites (tertiary alicyclic amines) is 1. The van der Waals surface area contributed by atoms with Gasteiger partial charge in [-0.1, -0.05) is 0 Å². The van der Waals surface area contributed by atoms with Crippen LogP contribution in [0.3, 0.4) is 0 Å². The summed E-state index contributed by atoms with van der Waals surface area (Å²) < 4.78 is 32.5. The highest BCUT2D eigenvalue weighted by Crippen LogP contribution is 2.32. The second-order valence-corrected chi connectivity index (χ2v) is 9.25. The fraction of sp³-hybridized carbons (Fsp3) is 0.238. The molecule has 2 aromatic carbocycles. The van der Waals surface area contributed by atoms with Gasteiger partial charge in [0.05, 0.1) is 27.6 Å². The van der Waals surface area contributed by atoms with E-state index in [-0.39, 0.29) is 11.2 Å². The summed E-state index contributed by atoms with van der Waals surface area (Å²) >= 11 is 0. The molecule has 1 N–H and O–H groups in total. The number of hydrogen-bond acceptors (Lipinski definition) is 6. The van der Waals surface area contributed by atoms with Gasteiger partial charge >= 0.3 is 0 Å². The smallest absolute Gasteiger partial charge is 0.219 e. The van der Waals surface area contributed by atoms with Gasteiger partial charge in [0, 0.05) is 42.6 Å². The molecule has 2 heterocycles. The first-order valence-electron chi connectivity index (χ1n) is 9.12. The number of carbonyl (C=O) groups is 1. The van der Waals surface area contributed by atoms with Crippen molar-refractivity contribution in [2.24, 2.45) is 0 Å². The Balaban J connectivity index is 1.53. The van der Waals surface area contributed by atoms with Gasteiger partial charge in [0.15, 0.2) is 0 Å². The standard InChI is InChI=1S/C21H21N3O4S/c1-14(25)24-12-18(13-24)29(22,26)17-6-3-15(4-7-17)28-21-9-10-23-20-11-16(27-2)5-8-19(20)21/h3-11,18,22H,12-13H2,1-2H3. The summed E-state index contributed by atoms with van der Waals surface area (Å²) in [6.45, 7) is 2.21. The molecule has 0 radical (unpaired) electrons. The molecule has 150 valence electrons. The average Bonchev–Trinajstić information content (AvgIpc) is 2.66. The summed E-state index contributed by atoms with van der Waals surface area (Å²) in [6, 6.07) is 14.1. The minimum absolute atomic E-state index is 0.0533. The highest BCUT2D eigenvalue weighted by Gasteiger charge is 2.36. The van der Waals surface area contributed by atoms with Crippen LogP contribution in [-0.4, -0.2) is 45.4 Å². The van der Waals surface area contributed by atoms with Crippen molar-refractivity contribution < 1.29 is 18.5 Å². The highest BCUT2D eigenvalue weighted by molar-refractivity contribution is 7.93.